The van der Waals surface area contributed by atoms with E-state index in [1.165, 1.54) is 0 Å². The molecule has 4 nitrogen and oxygen atoms in total. The summed E-state index contributed by atoms with van der Waals surface area (Å²) >= 11 is 0. The van der Waals surface area contributed by atoms with Crippen molar-refractivity contribution in [3.63, 3.8) is 0 Å². The van der Waals surface area contributed by atoms with E-state index in [2.05, 4.69) is 6.92 Å². The van der Waals surface area contributed by atoms with E-state index in [9.17, 15) is 10.2 Å². The topological polar surface area (TPSA) is 63.9 Å². The maximum absolute atomic E-state index is 9.80. The van der Waals surface area contributed by atoms with E-state index in [4.69, 9.17) is 5.11 Å². The molecule has 1 aliphatic rings. The molecular formula is C10H21NO3. The van der Waals surface area contributed by atoms with E-state index in [1.54, 1.807) is 0 Å². The highest BCUT2D eigenvalue weighted by Gasteiger charge is 2.39. The second kappa shape index (κ2) is 5.07. The number of nitrogens with zero attached hydrogens (tertiary/aromatic N) is 1. The molecule has 1 saturated heterocycles. The molecule has 0 unspecified atom stereocenters. The summed E-state index contributed by atoms with van der Waals surface area (Å²) in [5.41, 5.74) is 0. The Morgan fingerprint density at radius 1 is 1.29 bits per heavy atom. The van der Waals surface area contributed by atoms with Crippen LogP contribution in [0.15, 0.2) is 0 Å². The lowest BCUT2D eigenvalue weighted by Crippen LogP contribution is -2.58. The smallest absolute Gasteiger partial charge is 0.0979 e. The van der Waals surface area contributed by atoms with Crippen LogP contribution in [0.3, 0.4) is 0 Å². The van der Waals surface area contributed by atoms with Crippen molar-refractivity contribution in [3.8, 4) is 0 Å². The third-order valence-corrected chi connectivity index (χ3v) is 3.16. The lowest BCUT2D eigenvalue weighted by atomic mass is 9.85. The average molecular weight is 203 g/mol. The monoisotopic (exact) mass is 203 g/mol. The Bertz CT molecular complexity index is 175. The molecule has 0 aliphatic carbocycles. The SMILES string of the molecule is CCC[C@@H]1CN(C)[C@H](CO)[C@H](O)[C@H]1O. The van der Waals surface area contributed by atoms with Gasteiger partial charge in [0.1, 0.15) is 0 Å². The minimum atomic E-state index is -0.824. The van der Waals surface area contributed by atoms with Crippen molar-refractivity contribution in [2.24, 2.45) is 5.92 Å². The zero-order valence-electron chi connectivity index (χ0n) is 8.93. The van der Waals surface area contributed by atoms with Gasteiger partial charge in [0.2, 0.25) is 0 Å². The van der Waals surface area contributed by atoms with E-state index < -0.39 is 12.2 Å². The highest BCUT2D eigenvalue weighted by molar-refractivity contribution is 4.92. The van der Waals surface area contributed by atoms with E-state index in [1.807, 2.05) is 11.9 Å². The molecule has 0 spiro atoms. The van der Waals surface area contributed by atoms with Gasteiger partial charge in [0.05, 0.1) is 24.9 Å². The molecule has 1 aliphatic heterocycles. The Labute approximate surface area is 85.2 Å². The molecule has 0 bridgehead atoms. The first-order valence-electron chi connectivity index (χ1n) is 5.29. The molecule has 14 heavy (non-hydrogen) atoms. The predicted octanol–water partition coefficient (Wildman–Crippen LogP) is -0.569. The number of likely N-dealkylation sites (N-methyl/N-ethyl adjacent to an activating group) is 1. The molecule has 0 aromatic rings. The molecule has 1 rings (SSSR count). The van der Waals surface area contributed by atoms with Gasteiger partial charge in [-0.2, -0.15) is 0 Å². The maximum atomic E-state index is 9.80. The van der Waals surface area contributed by atoms with Gasteiger partial charge in [-0.1, -0.05) is 13.3 Å². The molecule has 0 aromatic heterocycles. The Morgan fingerprint density at radius 2 is 1.93 bits per heavy atom. The summed E-state index contributed by atoms with van der Waals surface area (Å²) in [5.74, 6) is 0.128. The first-order chi connectivity index (χ1) is 6.61. The van der Waals surface area contributed by atoms with Crippen LogP contribution in [0.2, 0.25) is 0 Å². The van der Waals surface area contributed by atoms with Crippen molar-refractivity contribution >= 4 is 0 Å². The highest BCUT2D eigenvalue weighted by Crippen LogP contribution is 2.25. The molecule has 0 amide bonds. The first kappa shape index (κ1) is 11.9. The first-order valence-corrected chi connectivity index (χ1v) is 5.29. The van der Waals surface area contributed by atoms with Gasteiger partial charge >= 0.3 is 0 Å². The molecule has 4 heteroatoms. The number of hydrogen-bond acceptors (Lipinski definition) is 4. The van der Waals surface area contributed by atoms with Crippen molar-refractivity contribution in [1.82, 2.24) is 4.90 Å². The van der Waals surface area contributed by atoms with Crippen LogP contribution in [0.1, 0.15) is 19.8 Å². The van der Waals surface area contributed by atoms with Crippen molar-refractivity contribution < 1.29 is 15.3 Å². The van der Waals surface area contributed by atoms with Crippen molar-refractivity contribution in [3.05, 3.63) is 0 Å². The summed E-state index contributed by atoms with van der Waals surface area (Å²) in [5, 5.41) is 28.6. The highest BCUT2D eigenvalue weighted by atomic mass is 16.3. The number of aliphatic hydroxyl groups is 3. The summed E-state index contributed by atoms with van der Waals surface area (Å²) in [7, 11) is 1.87. The van der Waals surface area contributed by atoms with Crippen LogP contribution in [0.5, 0.6) is 0 Å². The maximum Gasteiger partial charge on any atom is 0.0979 e. The van der Waals surface area contributed by atoms with E-state index in [0.717, 1.165) is 19.4 Å². The summed E-state index contributed by atoms with van der Waals surface area (Å²) in [4.78, 5) is 1.93. The van der Waals surface area contributed by atoms with Crippen LogP contribution in [0, 0.1) is 5.92 Å². The fourth-order valence-electron chi connectivity index (χ4n) is 2.26. The van der Waals surface area contributed by atoms with Crippen LogP contribution < -0.4 is 0 Å². The van der Waals surface area contributed by atoms with Gasteiger partial charge in [-0.25, -0.2) is 0 Å². The van der Waals surface area contributed by atoms with Crippen LogP contribution in [0.25, 0.3) is 0 Å². The van der Waals surface area contributed by atoms with Gasteiger partial charge < -0.3 is 15.3 Å². The second-order valence-electron chi connectivity index (χ2n) is 4.22. The summed E-state index contributed by atoms with van der Waals surface area (Å²) < 4.78 is 0. The van der Waals surface area contributed by atoms with Crippen molar-refractivity contribution in [1.29, 1.82) is 0 Å². The molecule has 3 N–H and O–H groups in total. The Balaban J connectivity index is 2.62. The standard InChI is InChI=1S/C10H21NO3/c1-3-4-7-5-11(2)8(6-12)10(14)9(7)13/h7-10,12-14H,3-6H2,1-2H3/t7-,8-,9+,10+/m1/s1. The third kappa shape index (κ3) is 2.25. The largest absolute Gasteiger partial charge is 0.395 e. The van der Waals surface area contributed by atoms with E-state index in [0.29, 0.717) is 0 Å². The second-order valence-corrected chi connectivity index (χ2v) is 4.22. The van der Waals surface area contributed by atoms with Crippen molar-refractivity contribution in [2.75, 3.05) is 20.2 Å². The molecule has 0 saturated carbocycles. The Hall–Kier alpha value is -0.160. The molecular weight excluding hydrogens is 182 g/mol. The molecule has 4 atom stereocenters. The Morgan fingerprint density at radius 3 is 2.43 bits per heavy atom. The number of likely N-dealkylation sites (tertiary alicyclic amines) is 1. The Kier molecular flexibility index (Phi) is 4.31. The van der Waals surface area contributed by atoms with Gasteiger partial charge in [0.25, 0.3) is 0 Å². The lowest BCUT2D eigenvalue weighted by Gasteiger charge is -2.43. The zero-order chi connectivity index (χ0) is 10.7. The van der Waals surface area contributed by atoms with Gasteiger partial charge in [-0.15, -0.1) is 0 Å². The van der Waals surface area contributed by atoms with E-state index >= 15 is 0 Å². The molecule has 0 aromatic carbocycles. The molecule has 1 fully saturated rings. The van der Waals surface area contributed by atoms with Crippen molar-refractivity contribution in [2.45, 2.75) is 38.0 Å². The normalized spacial score (nSPS) is 40.1. The number of aliphatic hydroxyl groups excluding tert-OH is 3. The summed E-state index contributed by atoms with van der Waals surface area (Å²) in [6.45, 7) is 2.71. The lowest BCUT2D eigenvalue weighted by molar-refractivity contribution is -0.113. The minimum absolute atomic E-state index is 0.104. The average Bonchev–Trinajstić information content (AvgIpc) is 2.15. The van der Waals surface area contributed by atoms with Crippen LogP contribution >= 0.6 is 0 Å². The van der Waals surface area contributed by atoms with Gasteiger partial charge in [0.15, 0.2) is 0 Å². The van der Waals surface area contributed by atoms with E-state index in [-0.39, 0.29) is 18.6 Å². The fourth-order valence-corrected chi connectivity index (χ4v) is 2.26. The minimum Gasteiger partial charge on any atom is -0.395 e. The van der Waals surface area contributed by atoms with Crippen LogP contribution in [-0.4, -0.2) is 58.7 Å². The zero-order valence-corrected chi connectivity index (χ0v) is 8.93. The van der Waals surface area contributed by atoms with Gasteiger partial charge in [-0.3, -0.25) is 4.90 Å². The van der Waals surface area contributed by atoms with Gasteiger partial charge in [-0.05, 0) is 13.5 Å². The van der Waals surface area contributed by atoms with Gasteiger partial charge in [0, 0.05) is 12.5 Å². The molecule has 84 valence electrons. The number of rotatable bonds is 3. The number of hydrogen-bond donors (Lipinski definition) is 3. The summed E-state index contributed by atoms with van der Waals surface area (Å²) in [6.07, 6.45) is 0.408. The predicted molar refractivity (Wildman–Crippen MR) is 53.9 cm³/mol. The summed E-state index contributed by atoms with van der Waals surface area (Å²) in [6, 6.07) is -0.321. The number of piperidine rings is 1. The molecule has 0 radical (unpaired) electrons. The molecule has 1 heterocycles. The third-order valence-electron chi connectivity index (χ3n) is 3.16. The fraction of sp³-hybridized carbons (Fsp3) is 1.00. The van der Waals surface area contributed by atoms with Crippen LogP contribution in [-0.2, 0) is 0 Å². The van der Waals surface area contributed by atoms with Crippen LogP contribution in [0.4, 0.5) is 0 Å². The quantitative estimate of drug-likeness (QED) is 0.575.